The number of hydrogen-bond donors (Lipinski definition) is 3. The number of piperidine rings is 1. The van der Waals surface area contributed by atoms with Gasteiger partial charge >= 0.3 is 0 Å². The van der Waals surface area contributed by atoms with Crippen molar-refractivity contribution in [1.29, 1.82) is 0 Å². The third kappa shape index (κ3) is 2.83. The number of benzene rings is 1. The Hall–Kier alpha value is -1.75. The van der Waals surface area contributed by atoms with Gasteiger partial charge in [-0.1, -0.05) is 0 Å². The van der Waals surface area contributed by atoms with Crippen molar-refractivity contribution >= 4 is 5.91 Å². The monoisotopic (exact) mass is 290 g/mol. The fraction of sp³-hybridized carbons (Fsp3) is 0.562. The van der Waals surface area contributed by atoms with Crippen LogP contribution in [0.15, 0.2) is 18.2 Å². The molecule has 0 radical (unpaired) electrons. The fourth-order valence-corrected chi connectivity index (χ4v) is 3.59. The number of hydrogen-bond acceptors (Lipinski definition) is 4. The van der Waals surface area contributed by atoms with Crippen LogP contribution in [0, 0.1) is 5.92 Å². The van der Waals surface area contributed by atoms with E-state index in [1.807, 2.05) is 4.90 Å². The van der Waals surface area contributed by atoms with Crippen molar-refractivity contribution < 1.29 is 15.0 Å². The number of amides is 1. The highest BCUT2D eigenvalue weighted by Gasteiger charge is 2.35. The predicted molar refractivity (Wildman–Crippen MR) is 79.4 cm³/mol. The van der Waals surface area contributed by atoms with E-state index in [-0.39, 0.29) is 17.4 Å². The molecule has 0 saturated carbocycles. The van der Waals surface area contributed by atoms with Crippen molar-refractivity contribution in [1.82, 2.24) is 10.2 Å². The van der Waals surface area contributed by atoms with Crippen molar-refractivity contribution in [3.8, 4) is 11.5 Å². The molecular weight excluding hydrogens is 268 g/mol. The van der Waals surface area contributed by atoms with Gasteiger partial charge in [-0.15, -0.1) is 0 Å². The van der Waals surface area contributed by atoms with Crippen molar-refractivity contribution in [2.45, 2.75) is 31.7 Å². The molecule has 1 unspecified atom stereocenters. The minimum absolute atomic E-state index is 0.0358. The number of phenolic OH excluding ortho intramolecular Hbond substituents is 2. The first kappa shape index (κ1) is 14.2. The summed E-state index contributed by atoms with van der Waals surface area (Å²) in [6, 6.07) is 4.62. The molecule has 2 aliphatic rings. The van der Waals surface area contributed by atoms with Crippen molar-refractivity contribution in [2.75, 3.05) is 19.6 Å². The summed E-state index contributed by atoms with van der Waals surface area (Å²) in [5.74, 6) is 0.107. The van der Waals surface area contributed by atoms with Gasteiger partial charge in [-0.05, 0) is 62.9 Å². The average molecular weight is 290 g/mol. The Bertz CT molecular complexity index is 526. The lowest BCUT2D eigenvalue weighted by atomic mass is 9.88. The Labute approximate surface area is 124 Å². The average Bonchev–Trinajstić information content (AvgIpc) is 2.99. The van der Waals surface area contributed by atoms with Gasteiger partial charge in [0.15, 0.2) is 11.5 Å². The first-order valence-electron chi connectivity index (χ1n) is 7.70. The van der Waals surface area contributed by atoms with Gasteiger partial charge in [0.25, 0.3) is 5.91 Å². The summed E-state index contributed by atoms with van der Waals surface area (Å²) in [5.41, 5.74) is 0.450. The molecule has 1 atom stereocenters. The van der Waals surface area contributed by atoms with Crippen molar-refractivity contribution in [2.24, 2.45) is 5.92 Å². The SMILES string of the molecule is O=C(c1ccc(O)c(O)c1)N1CCCC1C1CCNCC1. The quantitative estimate of drug-likeness (QED) is 0.725. The predicted octanol–water partition coefficient (Wildman–Crippen LogP) is 1.70. The smallest absolute Gasteiger partial charge is 0.254 e. The summed E-state index contributed by atoms with van der Waals surface area (Å²) in [7, 11) is 0. The zero-order valence-corrected chi connectivity index (χ0v) is 12.1. The second kappa shape index (κ2) is 5.93. The second-order valence-corrected chi connectivity index (χ2v) is 6.00. The van der Waals surface area contributed by atoms with Crippen LogP contribution in [0.4, 0.5) is 0 Å². The van der Waals surface area contributed by atoms with Crippen LogP contribution in [0.2, 0.25) is 0 Å². The highest BCUT2D eigenvalue weighted by Crippen LogP contribution is 2.32. The van der Waals surface area contributed by atoms with Crippen LogP contribution in [0.25, 0.3) is 0 Å². The highest BCUT2D eigenvalue weighted by molar-refractivity contribution is 5.95. The Balaban J connectivity index is 1.77. The van der Waals surface area contributed by atoms with E-state index in [4.69, 9.17) is 0 Å². The molecule has 1 aromatic carbocycles. The van der Waals surface area contributed by atoms with Crippen LogP contribution in [0.5, 0.6) is 11.5 Å². The standard InChI is InChI=1S/C16H22N2O3/c19-14-4-3-12(10-15(14)20)16(21)18-9-1-2-13(18)11-5-7-17-8-6-11/h3-4,10-11,13,17,19-20H,1-2,5-9H2. The van der Waals surface area contributed by atoms with E-state index in [1.165, 1.54) is 12.1 Å². The van der Waals surface area contributed by atoms with Gasteiger partial charge in [0.2, 0.25) is 0 Å². The summed E-state index contributed by atoms with van der Waals surface area (Å²) in [4.78, 5) is 14.6. The van der Waals surface area contributed by atoms with Gasteiger partial charge in [0.05, 0.1) is 0 Å². The van der Waals surface area contributed by atoms with Crippen LogP contribution in [-0.2, 0) is 0 Å². The zero-order valence-electron chi connectivity index (χ0n) is 12.1. The van der Waals surface area contributed by atoms with E-state index in [0.29, 0.717) is 17.5 Å². The van der Waals surface area contributed by atoms with Gasteiger partial charge < -0.3 is 20.4 Å². The number of nitrogens with one attached hydrogen (secondary N) is 1. The summed E-state index contributed by atoms with van der Waals surface area (Å²) in [6.45, 7) is 2.85. The van der Waals surface area contributed by atoms with Crippen molar-refractivity contribution in [3.63, 3.8) is 0 Å². The number of aromatic hydroxyl groups is 2. The van der Waals surface area contributed by atoms with Gasteiger partial charge in [0.1, 0.15) is 0 Å². The Morgan fingerprint density at radius 1 is 1.14 bits per heavy atom. The van der Waals surface area contributed by atoms with Gasteiger partial charge in [-0.25, -0.2) is 0 Å². The third-order valence-corrected chi connectivity index (χ3v) is 4.71. The largest absolute Gasteiger partial charge is 0.504 e. The van der Waals surface area contributed by atoms with E-state index in [9.17, 15) is 15.0 Å². The lowest BCUT2D eigenvalue weighted by Gasteiger charge is -2.34. The molecule has 5 heteroatoms. The minimum atomic E-state index is -0.238. The highest BCUT2D eigenvalue weighted by atomic mass is 16.3. The maximum Gasteiger partial charge on any atom is 0.254 e. The van der Waals surface area contributed by atoms with Crippen LogP contribution < -0.4 is 5.32 Å². The Morgan fingerprint density at radius 3 is 2.62 bits per heavy atom. The lowest BCUT2D eigenvalue weighted by molar-refractivity contribution is 0.0666. The van der Waals surface area contributed by atoms with E-state index in [2.05, 4.69) is 5.32 Å². The van der Waals surface area contributed by atoms with E-state index >= 15 is 0 Å². The summed E-state index contributed by atoms with van der Waals surface area (Å²) < 4.78 is 0. The first-order valence-corrected chi connectivity index (χ1v) is 7.70. The summed E-state index contributed by atoms with van der Waals surface area (Å²) >= 11 is 0. The van der Waals surface area contributed by atoms with E-state index < -0.39 is 0 Å². The summed E-state index contributed by atoms with van der Waals surface area (Å²) in [5, 5.41) is 22.3. The normalized spacial score (nSPS) is 23.4. The number of carbonyl (C=O) groups is 1. The second-order valence-electron chi connectivity index (χ2n) is 6.00. The van der Waals surface area contributed by atoms with Crippen molar-refractivity contribution in [3.05, 3.63) is 23.8 Å². The number of rotatable bonds is 2. The molecule has 0 aliphatic carbocycles. The molecule has 2 heterocycles. The molecule has 2 aliphatic heterocycles. The minimum Gasteiger partial charge on any atom is -0.504 e. The molecular formula is C16H22N2O3. The molecule has 1 amide bonds. The van der Waals surface area contributed by atoms with Gasteiger partial charge in [0, 0.05) is 18.2 Å². The number of phenols is 2. The van der Waals surface area contributed by atoms with Gasteiger partial charge in [-0.3, -0.25) is 4.79 Å². The van der Waals surface area contributed by atoms with Crippen LogP contribution in [-0.4, -0.2) is 46.7 Å². The number of likely N-dealkylation sites (tertiary alicyclic amines) is 1. The van der Waals surface area contributed by atoms with Crippen LogP contribution in [0.1, 0.15) is 36.0 Å². The Kier molecular flexibility index (Phi) is 4.01. The Morgan fingerprint density at radius 2 is 1.90 bits per heavy atom. The topological polar surface area (TPSA) is 72.8 Å². The first-order chi connectivity index (χ1) is 10.2. The van der Waals surface area contributed by atoms with Crippen LogP contribution >= 0.6 is 0 Å². The van der Waals surface area contributed by atoms with Crippen LogP contribution in [0.3, 0.4) is 0 Å². The molecule has 21 heavy (non-hydrogen) atoms. The maximum absolute atomic E-state index is 12.7. The fourth-order valence-electron chi connectivity index (χ4n) is 3.59. The summed E-state index contributed by atoms with van der Waals surface area (Å²) in [6.07, 6.45) is 4.36. The molecule has 1 aromatic rings. The molecule has 2 fully saturated rings. The molecule has 3 N–H and O–H groups in total. The molecule has 0 spiro atoms. The number of carbonyl (C=O) groups excluding carboxylic acids is 1. The van der Waals surface area contributed by atoms with E-state index in [1.54, 1.807) is 6.07 Å². The lowest BCUT2D eigenvalue weighted by Crippen LogP contribution is -2.43. The van der Waals surface area contributed by atoms with Gasteiger partial charge in [-0.2, -0.15) is 0 Å². The molecule has 2 saturated heterocycles. The van der Waals surface area contributed by atoms with E-state index in [0.717, 1.165) is 45.3 Å². The molecule has 0 aromatic heterocycles. The third-order valence-electron chi connectivity index (χ3n) is 4.71. The zero-order chi connectivity index (χ0) is 14.8. The maximum atomic E-state index is 12.7. The molecule has 3 rings (SSSR count). The molecule has 0 bridgehead atoms. The number of nitrogens with zero attached hydrogens (tertiary/aromatic N) is 1. The molecule has 5 nitrogen and oxygen atoms in total. The molecule has 114 valence electrons.